The third-order valence-electron chi connectivity index (χ3n) is 3.31. The second kappa shape index (κ2) is 10.7. The van der Waals surface area contributed by atoms with Crippen molar-refractivity contribution < 1.29 is 32.6 Å². The molecule has 1 rings (SSSR count). The number of nitrogens with zero attached hydrogens (tertiary/aromatic N) is 1. The molecule has 0 heterocycles. The molecule has 28 heavy (non-hydrogen) atoms. The first-order valence-corrected chi connectivity index (χ1v) is 11.3. The highest BCUT2D eigenvalue weighted by Gasteiger charge is 2.34. The van der Waals surface area contributed by atoms with Gasteiger partial charge in [0.15, 0.2) is 6.23 Å². The van der Waals surface area contributed by atoms with Gasteiger partial charge in [0, 0.05) is 5.69 Å². The molecule has 0 fully saturated rings. The first-order valence-electron chi connectivity index (χ1n) is 8.25. The number of nitrogens with one attached hydrogen (secondary N) is 1. The van der Waals surface area contributed by atoms with Crippen LogP contribution >= 0.6 is 15.6 Å². The smallest absolute Gasteiger partial charge is 0.356 e. The van der Waals surface area contributed by atoms with Gasteiger partial charge in [0.2, 0.25) is 0 Å². The fourth-order valence-corrected chi connectivity index (χ4v) is 3.76. The molecule has 2 unspecified atom stereocenters. The van der Waals surface area contributed by atoms with E-state index in [1.54, 1.807) is 19.1 Å². The minimum Gasteiger partial charge on any atom is -0.356 e. The fourth-order valence-electron chi connectivity index (χ4n) is 2.13. The highest BCUT2D eigenvalue weighted by molar-refractivity contribution is 7.60. The lowest BCUT2D eigenvalue weighted by molar-refractivity contribution is 0.162. The Morgan fingerprint density at radius 2 is 1.82 bits per heavy atom. The van der Waals surface area contributed by atoms with Crippen LogP contribution in [0.4, 0.5) is 5.69 Å². The molecule has 0 saturated carbocycles. The van der Waals surface area contributed by atoms with E-state index >= 15 is 0 Å². The van der Waals surface area contributed by atoms with Crippen LogP contribution in [-0.4, -0.2) is 20.9 Å². The number of hydrogen-bond donors (Lipinski definition) is 4. The lowest BCUT2D eigenvalue weighted by Crippen LogP contribution is -2.20. The van der Waals surface area contributed by atoms with Gasteiger partial charge in [-0.3, -0.25) is 4.52 Å². The van der Waals surface area contributed by atoms with E-state index in [2.05, 4.69) is 9.63 Å². The Kier molecular flexibility index (Phi) is 9.28. The van der Waals surface area contributed by atoms with Crippen LogP contribution in [0.15, 0.2) is 47.6 Å². The number of phosphoric ester groups is 1. The Morgan fingerprint density at radius 1 is 1.21 bits per heavy atom. The normalized spacial score (nSPS) is 15.2. The van der Waals surface area contributed by atoms with Crippen LogP contribution in [0.5, 0.6) is 0 Å². The van der Waals surface area contributed by atoms with E-state index in [1.165, 1.54) is 18.2 Å². The number of phosphoric acid groups is 2. The van der Waals surface area contributed by atoms with E-state index in [9.17, 15) is 14.0 Å². The summed E-state index contributed by atoms with van der Waals surface area (Å²) in [4.78, 5) is 27.2. The maximum atomic E-state index is 11.9. The molecule has 2 atom stereocenters. The molecule has 1 aromatic carbocycles. The van der Waals surface area contributed by atoms with Gasteiger partial charge < -0.3 is 20.0 Å². The number of anilines is 1. The lowest BCUT2D eigenvalue weighted by Gasteiger charge is -2.21. The fraction of sp³-hybridized carbons (Fsp3) is 0.353. The lowest BCUT2D eigenvalue weighted by atomic mass is 10.1. The zero-order valence-electron chi connectivity index (χ0n) is 15.8. The minimum atomic E-state index is -5.23. The molecule has 0 spiro atoms. The molecule has 0 aromatic heterocycles. The summed E-state index contributed by atoms with van der Waals surface area (Å²) in [5, 5.41) is 11.7. The largest absolute Gasteiger partial charge is 0.483 e. The summed E-state index contributed by atoms with van der Waals surface area (Å²) < 4.78 is 31.5. The first-order chi connectivity index (χ1) is 12.9. The van der Waals surface area contributed by atoms with Crippen molar-refractivity contribution in [3.05, 3.63) is 53.1 Å². The van der Waals surface area contributed by atoms with Crippen molar-refractivity contribution in [3.8, 4) is 6.07 Å². The third-order valence-corrected chi connectivity index (χ3v) is 5.48. The summed E-state index contributed by atoms with van der Waals surface area (Å²) in [5.74, 6) is 0. The Bertz CT molecular complexity index is 849. The maximum absolute atomic E-state index is 11.9. The van der Waals surface area contributed by atoms with Crippen LogP contribution in [0.1, 0.15) is 39.2 Å². The molecule has 154 valence electrons. The molecular formula is C17H24N2O7P2. The molecule has 11 heteroatoms. The summed E-state index contributed by atoms with van der Waals surface area (Å²) in [7, 11) is -10.3. The van der Waals surface area contributed by atoms with Gasteiger partial charge in [-0.1, -0.05) is 17.2 Å². The summed E-state index contributed by atoms with van der Waals surface area (Å²) in [6.45, 7) is 5.74. The van der Waals surface area contributed by atoms with E-state index < -0.39 is 21.9 Å². The summed E-state index contributed by atoms with van der Waals surface area (Å²) in [6, 6.07) is 8.17. The molecule has 0 aliphatic rings. The van der Waals surface area contributed by atoms with Crippen LogP contribution in [-0.2, 0) is 18.0 Å². The summed E-state index contributed by atoms with van der Waals surface area (Å²) in [6.07, 6.45) is 3.75. The van der Waals surface area contributed by atoms with Gasteiger partial charge in [-0.2, -0.15) is 9.57 Å². The Labute approximate surface area is 164 Å². The summed E-state index contributed by atoms with van der Waals surface area (Å²) in [5.41, 5.74) is 2.87. The minimum absolute atomic E-state index is 0.425. The molecule has 0 aliphatic carbocycles. The first kappa shape index (κ1) is 24.3. The predicted molar refractivity (Wildman–Crippen MR) is 105 cm³/mol. The Balaban J connectivity index is 3.00. The monoisotopic (exact) mass is 430 g/mol. The molecule has 4 N–H and O–H groups in total. The van der Waals surface area contributed by atoms with Gasteiger partial charge in [0.1, 0.15) is 0 Å². The zero-order chi connectivity index (χ0) is 21.4. The maximum Gasteiger partial charge on any atom is 0.483 e. The van der Waals surface area contributed by atoms with Crippen molar-refractivity contribution in [1.82, 2.24) is 0 Å². The van der Waals surface area contributed by atoms with Gasteiger partial charge >= 0.3 is 15.6 Å². The highest BCUT2D eigenvalue weighted by Crippen LogP contribution is 2.58. The predicted octanol–water partition coefficient (Wildman–Crippen LogP) is 4.22. The SMILES string of the molecule is CC(C)=CCC/C(C)=C/C(Nc1ccc(C#N)cc1)OP(=O)(O)OP(=O)(O)O. The quantitative estimate of drug-likeness (QED) is 0.243. The van der Waals surface area contributed by atoms with Crippen molar-refractivity contribution >= 4 is 21.3 Å². The van der Waals surface area contributed by atoms with Crippen molar-refractivity contribution in [3.63, 3.8) is 0 Å². The zero-order valence-corrected chi connectivity index (χ0v) is 17.6. The van der Waals surface area contributed by atoms with E-state index in [0.717, 1.165) is 17.6 Å². The van der Waals surface area contributed by atoms with E-state index in [1.807, 2.05) is 26.0 Å². The number of hydrogen-bond acceptors (Lipinski definition) is 6. The van der Waals surface area contributed by atoms with E-state index in [-0.39, 0.29) is 0 Å². The highest BCUT2D eigenvalue weighted by atomic mass is 31.3. The van der Waals surface area contributed by atoms with Crippen LogP contribution < -0.4 is 5.32 Å². The van der Waals surface area contributed by atoms with Gasteiger partial charge in [0.25, 0.3) is 0 Å². The second-order valence-electron chi connectivity index (χ2n) is 6.23. The standard InChI is InChI=1S/C17H24N2O7P2/c1-13(2)5-4-6-14(3)11-17(25-28(23,24)26-27(20,21)22)19-16-9-7-15(12-18)8-10-16/h5,7-11,17,19H,4,6H2,1-3H3,(H,23,24)(H2,20,21,22)/b14-11+. The molecule has 1 aromatic rings. The average molecular weight is 430 g/mol. The van der Waals surface area contributed by atoms with Crippen molar-refractivity contribution in [1.29, 1.82) is 5.26 Å². The van der Waals surface area contributed by atoms with E-state index in [4.69, 9.17) is 19.6 Å². The number of allylic oxidation sites excluding steroid dienone is 3. The third kappa shape index (κ3) is 10.5. The van der Waals surface area contributed by atoms with Crippen LogP contribution in [0, 0.1) is 11.3 Å². The average Bonchev–Trinajstić information content (AvgIpc) is 2.52. The van der Waals surface area contributed by atoms with Crippen molar-refractivity contribution in [2.75, 3.05) is 5.32 Å². The molecule has 0 saturated heterocycles. The Morgan fingerprint density at radius 3 is 2.32 bits per heavy atom. The van der Waals surface area contributed by atoms with Gasteiger partial charge in [-0.15, -0.1) is 0 Å². The summed E-state index contributed by atoms with van der Waals surface area (Å²) >= 11 is 0. The molecular weight excluding hydrogens is 406 g/mol. The molecule has 0 radical (unpaired) electrons. The van der Waals surface area contributed by atoms with Crippen molar-refractivity contribution in [2.24, 2.45) is 0 Å². The number of nitriles is 1. The van der Waals surface area contributed by atoms with Gasteiger partial charge in [-0.25, -0.2) is 9.13 Å². The van der Waals surface area contributed by atoms with Gasteiger partial charge in [-0.05, 0) is 64.0 Å². The van der Waals surface area contributed by atoms with E-state index in [0.29, 0.717) is 17.7 Å². The molecule has 0 bridgehead atoms. The topological polar surface area (TPSA) is 149 Å². The molecule has 9 nitrogen and oxygen atoms in total. The van der Waals surface area contributed by atoms with Crippen molar-refractivity contribution in [2.45, 2.75) is 39.8 Å². The van der Waals surface area contributed by atoms with Crippen LogP contribution in [0.3, 0.4) is 0 Å². The molecule has 0 amide bonds. The van der Waals surface area contributed by atoms with Crippen LogP contribution in [0.2, 0.25) is 0 Å². The van der Waals surface area contributed by atoms with Gasteiger partial charge in [0.05, 0.1) is 11.6 Å². The van der Waals surface area contributed by atoms with Crippen LogP contribution in [0.25, 0.3) is 0 Å². The number of benzene rings is 1. The second-order valence-corrected chi connectivity index (χ2v) is 9.02. The number of rotatable bonds is 10. The Hall–Kier alpha value is -1.75. The molecule has 0 aliphatic heterocycles.